The van der Waals surface area contributed by atoms with Crippen LogP contribution in [0, 0.1) is 0 Å². The quantitative estimate of drug-likeness (QED) is 0.860. The largest absolute Gasteiger partial charge is 0.384 e. The lowest BCUT2D eigenvalue weighted by molar-refractivity contribution is 0.601. The fraction of sp³-hybridized carbons (Fsp3) is 0.250. The monoisotopic (exact) mass is 297 g/mol. The number of anilines is 2. The average molecular weight is 297 g/mol. The van der Waals surface area contributed by atoms with E-state index in [1.807, 2.05) is 6.92 Å². The molecule has 0 aliphatic heterocycles. The third kappa shape index (κ3) is 3.45. The van der Waals surface area contributed by atoms with Gasteiger partial charge in [-0.2, -0.15) is 0 Å². The Kier molecular flexibility index (Phi) is 4.39. The Balaban J connectivity index is 2.29. The van der Waals surface area contributed by atoms with Gasteiger partial charge >= 0.3 is 0 Å². The van der Waals surface area contributed by atoms with Crippen LogP contribution in [-0.2, 0) is 10.0 Å². The van der Waals surface area contributed by atoms with E-state index in [4.69, 9.17) is 0 Å². The highest BCUT2D eigenvalue weighted by Crippen LogP contribution is 2.24. The first-order valence-corrected chi connectivity index (χ1v) is 8.25. The summed E-state index contributed by atoms with van der Waals surface area (Å²) in [6.07, 6.45) is 2.48. The summed E-state index contributed by atoms with van der Waals surface area (Å²) in [5.41, 5.74) is 0.605. The summed E-state index contributed by atoms with van der Waals surface area (Å²) < 4.78 is 27.1. The molecule has 0 bridgehead atoms. The molecule has 0 atom stereocenters. The highest BCUT2D eigenvalue weighted by atomic mass is 32.2. The minimum absolute atomic E-state index is 0.235. The van der Waals surface area contributed by atoms with Gasteiger partial charge in [0.05, 0.1) is 5.69 Å². The van der Waals surface area contributed by atoms with Crippen LogP contribution in [0.5, 0.6) is 0 Å². The van der Waals surface area contributed by atoms with Crippen LogP contribution in [0.1, 0.15) is 13.3 Å². The van der Waals surface area contributed by atoms with E-state index in [2.05, 4.69) is 15.0 Å². The van der Waals surface area contributed by atoms with Crippen LogP contribution < -0.4 is 10.0 Å². The Labute approximate surface area is 116 Å². The molecule has 0 radical (unpaired) electrons. The van der Waals surface area contributed by atoms with Gasteiger partial charge in [0.1, 0.15) is 4.90 Å². The average Bonchev–Trinajstić information content (AvgIpc) is 2.88. The number of nitrogens with one attached hydrogen (secondary N) is 2. The van der Waals surface area contributed by atoms with Gasteiger partial charge in [0, 0.05) is 18.1 Å². The Morgan fingerprint density at radius 3 is 2.79 bits per heavy atom. The lowest BCUT2D eigenvalue weighted by Crippen LogP contribution is -2.15. The second-order valence-electron chi connectivity index (χ2n) is 3.87. The topological polar surface area (TPSA) is 71.1 Å². The molecule has 2 N–H and O–H groups in total. The number of benzene rings is 1. The molecule has 0 fully saturated rings. The van der Waals surface area contributed by atoms with E-state index in [1.54, 1.807) is 35.8 Å². The lowest BCUT2D eigenvalue weighted by Gasteiger charge is -2.12. The van der Waals surface area contributed by atoms with Gasteiger partial charge in [-0.1, -0.05) is 19.1 Å². The fourth-order valence-corrected chi connectivity index (χ4v) is 3.52. The first kappa shape index (κ1) is 13.8. The molecule has 2 rings (SSSR count). The summed E-state index contributed by atoms with van der Waals surface area (Å²) in [5, 5.41) is 5.20. The molecule has 7 heteroatoms. The molecule has 19 heavy (non-hydrogen) atoms. The van der Waals surface area contributed by atoms with Crippen LogP contribution in [0.4, 0.5) is 10.8 Å². The van der Waals surface area contributed by atoms with Crippen molar-refractivity contribution in [1.29, 1.82) is 0 Å². The molecule has 0 saturated carbocycles. The molecular formula is C12H15N3O2S2. The maximum absolute atomic E-state index is 12.3. The SMILES string of the molecule is CCCNc1ccccc1S(=O)(=O)Nc1nccs1. The summed E-state index contributed by atoms with van der Waals surface area (Å²) >= 11 is 1.25. The van der Waals surface area contributed by atoms with Crippen molar-refractivity contribution in [2.75, 3.05) is 16.6 Å². The molecule has 0 aliphatic carbocycles. The van der Waals surface area contributed by atoms with E-state index in [-0.39, 0.29) is 4.90 Å². The summed E-state index contributed by atoms with van der Waals surface area (Å²) in [4.78, 5) is 4.16. The smallest absolute Gasteiger partial charge is 0.265 e. The maximum Gasteiger partial charge on any atom is 0.265 e. The summed E-state index contributed by atoms with van der Waals surface area (Å²) in [6, 6.07) is 6.84. The van der Waals surface area contributed by atoms with Crippen molar-refractivity contribution in [2.24, 2.45) is 0 Å². The van der Waals surface area contributed by atoms with Gasteiger partial charge in [-0.15, -0.1) is 11.3 Å². The normalized spacial score (nSPS) is 11.2. The number of thiazole rings is 1. The molecule has 0 aliphatic rings. The molecule has 102 valence electrons. The van der Waals surface area contributed by atoms with Gasteiger partial charge in [-0.3, -0.25) is 4.72 Å². The molecule has 0 unspecified atom stereocenters. The van der Waals surface area contributed by atoms with Crippen molar-refractivity contribution in [3.63, 3.8) is 0 Å². The van der Waals surface area contributed by atoms with Gasteiger partial charge in [0.25, 0.3) is 10.0 Å². The van der Waals surface area contributed by atoms with Crippen LogP contribution in [0.25, 0.3) is 0 Å². The van der Waals surface area contributed by atoms with Crippen molar-refractivity contribution < 1.29 is 8.42 Å². The molecular weight excluding hydrogens is 282 g/mol. The Morgan fingerprint density at radius 1 is 1.32 bits per heavy atom. The number of aromatic nitrogens is 1. The highest BCUT2D eigenvalue weighted by molar-refractivity contribution is 7.93. The number of sulfonamides is 1. The zero-order chi connectivity index (χ0) is 13.7. The Hall–Kier alpha value is -1.60. The van der Waals surface area contributed by atoms with Gasteiger partial charge in [-0.25, -0.2) is 13.4 Å². The predicted molar refractivity (Wildman–Crippen MR) is 78.1 cm³/mol. The second kappa shape index (κ2) is 6.03. The molecule has 1 aromatic carbocycles. The van der Waals surface area contributed by atoms with E-state index in [1.165, 1.54) is 11.3 Å². The van der Waals surface area contributed by atoms with Gasteiger partial charge in [0.2, 0.25) is 0 Å². The van der Waals surface area contributed by atoms with Crippen LogP contribution >= 0.6 is 11.3 Å². The van der Waals surface area contributed by atoms with Crippen LogP contribution in [0.2, 0.25) is 0 Å². The molecule has 2 aromatic rings. The molecule has 0 saturated heterocycles. The standard InChI is InChI=1S/C12H15N3O2S2/c1-2-7-13-10-5-3-4-6-11(10)19(16,17)15-12-14-8-9-18-12/h3-6,8-9,13H,2,7H2,1H3,(H,14,15). The second-order valence-corrected chi connectivity index (χ2v) is 6.41. The molecule has 5 nitrogen and oxygen atoms in total. The summed E-state index contributed by atoms with van der Waals surface area (Å²) in [7, 11) is -3.61. The first-order valence-electron chi connectivity index (χ1n) is 5.88. The Morgan fingerprint density at radius 2 is 2.11 bits per heavy atom. The van der Waals surface area contributed by atoms with E-state index >= 15 is 0 Å². The number of nitrogens with zero attached hydrogens (tertiary/aromatic N) is 1. The highest BCUT2D eigenvalue weighted by Gasteiger charge is 2.18. The van der Waals surface area contributed by atoms with E-state index in [0.29, 0.717) is 10.8 Å². The number of hydrogen-bond acceptors (Lipinski definition) is 5. The van der Waals surface area contributed by atoms with Crippen LogP contribution in [-0.4, -0.2) is 19.9 Å². The third-order valence-electron chi connectivity index (χ3n) is 2.40. The fourth-order valence-electron chi connectivity index (χ4n) is 1.55. The number of rotatable bonds is 6. The molecule has 0 spiro atoms. The van der Waals surface area contributed by atoms with Crippen molar-refractivity contribution in [1.82, 2.24) is 4.98 Å². The Bertz CT molecular complexity index is 624. The van der Waals surface area contributed by atoms with Crippen LogP contribution in [0.3, 0.4) is 0 Å². The molecule has 0 amide bonds. The minimum Gasteiger partial charge on any atom is -0.384 e. The van der Waals surface area contributed by atoms with E-state index < -0.39 is 10.0 Å². The predicted octanol–water partition coefficient (Wildman–Crippen LogP) is 2.77. The van der Waals surface area contributed by atoms with Gasteiger partial charge in [0.15, 0.2) is 5.13 Å². The van der Waals surface area contributed by atoms with E-state index in [9.17, 15) is 8.42 Å². The maximum atomic E-state index is 12.3. The first-order chi connectivity index (χ1) is 9.13. The van der Waals surface area contributed by atoms with Crippen molar-refractivity contribution >= 4 is 32.2 Å². The molecule has 1 heterocycles. The molecule has 1 aromatic heterocycles. The minimum atomic E-state index is -3.61. The summed E-state index contributed by atoms with van der Waals surface area (Å²) in [6.45, 7) is 2.75. The van der Waals surface area contributed by atoms with Crippen molar-refractivity contribution in [2.45, 2.75) is 18.2 Å². The van der Waals surface area contributed by atoms with Crippen molar-refractivity contribution in [3.8, 4) is 0 Å². The van der Waals surface area contributed by atoms with E-state index in [0.717, 1.165) is 13.0 Å². The van der Waals surface area contributed by atoms with Gasteiger partial charge in [-0.05, 0) is 18.6 Å². The van der Waals surface area contributed by atoms with Crippen LogP contribution in [0.15, 0.2) is 40.7 Å². The number of para-hydroxylation sites is 1. The summed E-state index contributed by atoms with van der Waals surface area (Å²) in [5.74, 6) is 0. The third-order valence-corrected chi connectivity index (χ3v) is 4.61. The zero-order valence-electron chi connectivity index (χ0n) is 10.5. The van der Waals surface area contributed by atoms with Crippen molar-refractivity contribution in [3.05, 3.63) is 35.8 Å². The van der Waals surface area contributed by atoms with Gasteiger partial charge < -0.3 is 5.32 Å². The lowest BCUT2D eigenvalue weighted by atomic mass is 10.3. The number of hydrogen-bond donors (Lipinski definition) is 2. The zero-order valence-corrected chi connectivity index (χ0v) is 12.1.